The van der Waals surface area contributed by atoms with Gasteiger partial charge in [-0.05, 0) is 81.6 Å². The Labute approximate surface area is 134 Å². The van der Waals surface area contributed by atoms with Gasteiger partial charge in [0, 0.05) is 18.5 Å². The molecule has 2 atom stereocenters. The summed E-state index contributed by atoms with van der Waals surface area (Å²) >= 11 is 0. The first-order chi connectivity index (χ1) is 9.65. The highest BCUT2D eigenvalue weighted by atomic mass is 35.5. The van der Waals surface area contributed by atoms with Crippen LogP contribution in [0.4, 0.5) is 0 Å². The lowest BCUT2D eigenvalue weighted by molar-refractivity contribution is -0.149. The van der Waals surface area contributed by atoms with E-state index in [-0.39, 0.29) is 12.4 Å². The van der Waals surface area contributed by atoms with Gasteiger partial charge in [0.15, 0.2) is 0 Å². The fourth-order valence-corrected chi connectivity index (χ4v) is 6.14. The van der Waals surface area contributed by atoms with Gasteiger partial charge in [0.2, 0.25) is 5.91 Å². The predicted molar refractivity (Wildman–Crippen MR) is 86.1 cm³/mol. The van der Waals surface area contributed by atoms with Gasteiger partial charge in [-0.25, -0.2) is 0 Å². The van der Waals surface area contributed by atoms with E-state index in [1.807, 2.05) is 0 Å². The van der Waals surface area contributed by atoms with Gasteiger partial charge in [-0.1, -0.05) is 0 Å². The number of halogens is 1. The van der Waals surface area contributed by atoms with E-state index in [0.717, 1.165) is 31.3 Å². The molecule has 5 aliphatic rings. The van der Waals surface area contributed by atoms with E-state index in [4.69, 9.17) is 5.73 Å². The van der Waals surface area contributed by atoms with Gasteiger partial charge in [0.1, 0.15) is 0 Å². The van der Waals surface area contributed by atoms with Crippen LogP contribution in [0.25, 0.3) is 0 Å². The minimum absolute atomic E-state index is 0. The molecule has 0 radical (unpaired) electrons. The molecule has 5 rings (SSSR count). The Morgan fingerprint density at radius 3 is 2.10 bits per heavy atom. The molecule has 0 spiro atoms. The number of carbonyl (C=O) groups excluding carboxylic acids is 1. The van der Waals surface area contributed by atoms with Crippen molar-refractivity contribution < 1.29 is 4.79 Å². The van der Waals surface area contributed by atoms with Gasteiger partial charge in [-0.3, -0.25) is 4.79 Å². The summed E-state index contributed by atoms with van der Waals surface area (Å²) in [5.41, 5.74) is 5.81. The van der Waals surface area contributed by atoms with Crippen molar-refractivity contribution in [1.82, 2.24) is 4.90 Å². The van der Waals surface area contributed by atoms with Crippen LogP contribution in [0.3, 0.4) is 0 Å². The van der Waals surface area contributed by atoms with E-state index >= 15 is 0 Å². The lowest BCUT2D eigenvalue weighted by atomic mass is 9.51. The van der Waals surface area contributed by atoms with Crippen LogP contribution >= 0.6 is 12.4 Å². The Morgan fingerprint density at radius 1 is 1.05 bits per heavy atom. The van der Waals surface area contributed by atoms with Crippen LogP contribution < -0.4 is 5.73 Å². The van der Waals surface area contributed by atoms with Gasteiger partial charge in [0.25, 0.3) is 0 Å². The third-order valence-corrected chi connectivity index (χ3v) is 6.79. The fourth-order valence-electron chi connectivity index (χ4n) is 6.14. The zero-order valence-corrected chi connectivity index (χ0v) is 13.9. The maximum Gasteiger partial charge on any atom is 0.226 e. The molecule has 0 aromatic rings. The predicted octanol–water partition coefficient (Wildman–Crippen LogP) is 2.68. The lowest BCUT2D eigenvalue weighted by Gasteiger charge is -2.54. The molecule has 4 aliphatic carbocycles. The molecule has 4 bridgehead atoms. The zero-order valence-electron chi connectivity index (χ0n) is 13.0. The first kappa shape index (κ1) is 15.6. The summed E-state index contributed by atoms with van der Waals surface area (Å²) in [6.45, 7) is 3.86. The van der Waals surface area contributed by atoms with Gasteiger partial charge < -0.3 is 10.6 Å². The Morgan fingerprint density at radius 2 is 1.62 bits per heavy atom. The molecule has 4 heteroatoms. The second-order valence-electron chi connectivity index (χ2n) is 8.13. The minimum Gasteiger partial charge on any atom is -0.339 e. The van der Waals surface area contributed by atoms with Crippen LogP contribution in [0.5, 0.6) is 0 Å². The van der Waals surface area contributed by atoms with Crippen molar-refractivity contribution in [3.8, 4) is 0 Å². The van der Waals surface area contributed by atoms with Crippen molar-refractivity contribution in [2.45, 2.75) is 51.5 Å². The quantitative estimate of drug-likeness (QED) is 0.852. The van der Waals surface area contributed by atoms with E-state index in [1.165, 1.54) is 32.1 Å². The normalized spacial score (nSPS) is 47.5. The summed E-state index contributed by atoms with van der Waals surface area (Å²) in [7, 11) is 0. The summed E-state index contributed by atoms with van der Waals surface area (Å²) < 4.78 is 0. The Hall–Kier alpha value is -0.280. The molecule has 1 amide bonds. The molecule has 0 aromatic heterocycles. The monoisotopic (exact) mass is 312 g/mol. The van der Waals surface area contributed by atoms with E-state index in [2.05, 4.69) is 11.8 Å². The van der Waals surface area contributed by atoms with E-state index in [0.29, 0.717) is 35.6 Å². The topological polar surface area (TPSA) is 46.3 Å². The average molecular weight is 313 g/mol. The van der Waals surface area contributed by atoms with Gasteiger partial charge >= 0.3 is 0 Å². The molecule has 21 heavy (non-hydrogen) atoms. The Balaban J connectivity index is 0.00000132. The second kappa shape index (κ2) is 5.73. The molecular formula is C17H29ClN2O. The summed E-state index contributed by atoms with van der Waals surface area (Å²) in [5.74, 6) is 4.71. The number of carbonyl (C=O) groups is 1. The first-order valence-corrected chi connectivity index (χ1v) is 8.66. The SMILES string of the molecule is CC1CC(CN)CN1C(=O)C1C2CC3CC(C2)CC1C3.Cl. The van der Waals surface area contributed by atoms with Crippen LogP contribution in [0.15, 0.2) is 0 Å². The summed E-state index contributed by atoms with van der Waals surface area (Å²) in [5, 5.41) is 0. The summed E-state index contributed by atoms with van der Waals surface area (Å²) in [6.07, 6.45) is 7.93. The highest BCUT2D eigenvalue weighted by Crippen LogP contribution is 2.57. The maximum atomic E-state index is 13.1. The molecule has 1 aliphatic heterocycles. The van der Waals surface area contributed by atoms with Gasteiger partial charge in [-0.2, -0.15) is 0 Å². The number of hydrogen-bond acceptors (Lipinski definition) is 2. The zero-order chi connectivity index (χ0) is 13.9. The molecule has 4 saturated carbocycles. The number of nitrogens with zero attached hydrogens (tertiary/aromatic N) is 1. The van der Waals surface area contributed by atoms with Crippen molar-refractivity contribution >= 4 is 18.3 Å². The van der Waals surface area contributed by atoms with E-state index in [9.17, 15) is 4.79 Å². The standard InChI is InChI=1S/C17H28N2O.ClH/c1-10-2-13(8-18)9-19(10)17(20)16-14-4-11-3-12(6-14)7-15(16)5-11;/h10-16H,2-9,18H2,1H3;1H. The number of amides is 1. The van der Waals surface area contributed by atoms with Crippen LogP contribution in [-0.2, 0) is 4.79 Å². The van der Waals surface area contributed by atoms with Crippen LogP contribution in [0, 0.1) is 35.5 Å². The van der Waals surface area contributed by atoms with Crippen LogP contribution in [0.1, 0.15) is 45.4 Å². The number of nitrogens with two attached hydrogens (primary N) is 1. The molecule has 120 valence electrons. The maximum absolute atomic E-state index is 13.1. The molecule has 3 nitrogen and oxygen atoms in total. The average Bonchev–Trinajstić information content (AvgIpc) is 2.78. The van der Waals surface area contributed by atoms with E-state index in [1.54, 1.807) is 0 Å². The van der Waals surface area contributed by atoms with Crippen molar-refractivity contribution in [3.63, 3.8) is 0 Å². The molecule has 2 N–H and O–H groups in total. The van der Waals surface area contributed by atoms with Crippen LogP contribution in [-0.4, -0.2) is 29.9 Å². The van der Waals surface area contributed by atoms with E-state index < -0.39 is 0 Å². The molecule has 1 saturated heterocycles. The number of hydrogen-bond donors (Lipinski definition) is 1. The van der Waals surface area contributed by atoms with Crippen molar-refractivity contribution in [1.29, 1.82) is 0 Å². The highest BCUT2D eigenvalue weighted by molar-refractivity contribution is 5.85. The molecule has 1 heterocycles. The number of rotatable bonds is 2. The van der Waals surface area contributed by atoms with Crippen molar-refractivity contribution in [2.24, 2.45) is 41.2 Å². The Bertz CT molecular complexity index is 386. The summed E-state index contributed by atoms with van der Waals surface area (Å²) in [4.78, 5) is 15.3. The number of likely N-dealkylation sites (tertiary alicyclic amines) is 1. The fraction of sp³-hybridized carbons (Fsp3) is 0.941. The van der Waals surface area contributed by atoms with Gasteiger partial charge in [-0.15, -0.1) is 12.4 Å². The lowest BCUT2D eigenvalue weighted by Crippen LogP contribution is -2.52. The third-order valence-electron chi connectivity index (χ3n) is 6.79. The molecule has 2 unspecified atom stereocenters. The van der Waals surface area contributed by atoms with Crippen LogP contribution in [0.2, 0.25) is 0 Å². The second-order valence-corrected chi connectivity index (χ2v) is 8.13. The third kappa shape index (κ3) is 2.50. The first-order valence-electron chi connectivity index (χ1n) is 8.66. The highest BCUT2D eigenvalue weighted by Gasteiger charge is 2.52. The summed E-state index contributed by atoms with van der Waals surface area (Å²) in [6, 6.07) is 0.410. The minimum atomic E-state index is 0. The van der Waals surface area contributed by atoms with Crippen molar-refractivity contribution in [2.75, 3.05) is 13.1 Å². The largest absolute Gasteiger partial charge is 0.339 e. The Kier molecular flexibility index (Phi) is 4.26. The van der Waals surface area contributed by atoms with Crippen molar-refractivity contribution in [3.05, 3.63) is 0 Å². The molecule has 5 fully saturated rings. The molecular weight excluding hydrogens is 284 g/mol. The molecule has 0 aromatic carbocycles. The van der Waals surface area contributed by atoms with Gasteiger partial charge in [0.05, 0.1) is 0 Å². The smallest absolute Gasteiger partial charge is 0.226 e.